The number of benzene rings is 2. The molecule has 29 heavy (non-hydrogen) atoms. The van der Waals surface area contributed by atoms with Gasteiger partial charge in [0.2, 0.25) is 0 Å². The van der Waals surface area contributed by atoms with Gasteiger partial charge < -0.3 is 15.4 Å². The van der Waals surface area contributed by atoms with Crippen molar-refractivity contribution in [3.05, 3.63) is 76.7 Å². The van der Waals surface area contributed by atoms with Gasteiger partial charge in [-0.3, -0.25) is 4.79 Å². The Hall–Kier alpha value is -3.17. The molecule has 1 heterocycles. The van der Waals surface area contributed by atoms with E-state index >= 15 is 0 Å². The fraction of sp³-hybridized carbons (Fsp3) is 0.217. The Bertz CT molecular complexity index is 961. The summed E-state index contributed by atoms with van der Waals surface area (Å²) in [5, 5.41) is 15.0. The molecule has 1 atom stereocenters. The van der Waals surface area contributed by atoms with E-state index in [-0.39, 0.29) is 18.0 Å². The molecule has 0 saturated carbocycles. The first kappa shape index (κ1) is 20.6. The summed E-state index contributed by atoms with van der Waals surface area (Å²) in [6, 6.07) is 15.8. The largest absolute Gasteiger partial charge is 0.478 e. The maximum atomic E-state index is 12.4. The smallest absolute Gasteiger partial charge is 0.260 e. The number of nitrogens with one attached hydrogen (secondary N) is 2. The SMILES string of the molecule is C=CCc1cc(/C=C2\S[C@H](Nc3ccc(CC)cc3)NC2=O)ccc1OCC#N. The van der Waals surface area contributed by atoms with Gasteiger partial charge >= 0.3 is 0 Å². The zero-order valence-electron chi connectivity index (χ0n) is 16.3. The molecular formula is C23H23N3O2S. The molecule has 0 bridgehead atoms. The second-order valence-electron chi connectivity index (χ2n) is 6.48. The highest BCUT2D eigenvalue weighted by atomic mass is 32.2. The Balaban J connectivity index is 1.72. The minimum atomic E-state index is -0.216. The number of thioether (sulfide) groups is 1. The van der Waals surface area contributed by atoms with Crippen LogP contribution < -0.4 is 15.4 Å². The van der Waals surface area contributed by atoms with Crippen molar-refractivity contribution in [1.29, 1.82) is 5.26 Å². The van der Waals surface area contributed by atoms with Crippen LogP contribution in [-0.2, 0) is 17.6 Å². The molecule has 0 spiro atoms. The zero-order chi connectivity index (χ0) is 20.6. The lowest BCUT2D eigenvalue weighted by atomic mass is 10.1. The minimum Gasteiger partial charge on any atom is -0.478 e. The summed E-state index contributed by atoms with van der Waals surface area (Å²) < 4.78 is 5.46. The average Bonchev–Trinajstić information content (AvgIpc) is 3.07. The molecule has 1 aliphatic rings. The van der Waals surface area contributed by atoms with E-state index in [2.05, 4.69) is 36.3 Å². The molecule has 2 aromatic carbocycles. The van der Waals surface area contributed by atoms with Crippen LogP contribution in [-0.4, -0.2) is 18.0 Å². The highest BCUT2D eigenvalue weighted by Crippen LogP contribution is 2.31. The van der Waals surface area contributed by atoms with E-state index in [1.54, 1.807) is 6.08 Å². The third kappa shape index (κ3) is 5.43. The van der Waals surface area contributed by atoms with Crippen molar-refractivity contribution in [1.82, 2.24) is 5.32 Å². The van der Waals surface area contributed by atoms with Crippen LogP contribution >= 0.6 is 11.8 Å². The molecule has 0 aliphatic carbocycles. The van der Waals surface area contributed by atoms with Crippen molar-refractivity contribution in [2.45, 2.75) is 25.3 Å². The first-order valence-corrected chi connectivity index (χ1v) is 10.3. The second-order valence-corrected chi connectivity index (χ2v) is 7.63. The number of ether oxygens (including phenoxy) is 1. The topological polar surface area (TPSA) is 74.2 Å². The van der Waals surface area contributed by atoms with Crippen molar-refractivity contribution in [2.24, 2.45) is 0 Å². The molecule has 0 aromatic heterocycles. The molecule has 1 aliphatic heterocycles. The normalized spacial score (nSPS) is 16.9. The maximum absolute atomic E-state index is 12.4. The van der Waals surface area contributed by atoms with Crippen molar-refractivity contribution < 1.29 is 9.53 Å². The molecule has 1 fully saturated rings. The summed E-state index contributed by atoms with van der Waals surface area (Å²) in [4.78, 5) is 13.0. The number of hydrogen-bond donors (Lipinski definition) is 2. The van der Waals surface area contributed by atoms with Gasteiger partial charge in [-0.2, -0.15) is 5.26 Å². The molecule has 148 valence electrons. The molecule has 5 nitrogen and oxygen atoms in total. The van der Waals surface area contributed by atoms with Crippen LogP contribution in [0, 0.1) is 11.3 Å². The number of aryl methyl sites for hydroxylation is 1. The van der Waals surface area contributed by atoms with Crippen LogP contribution in [0.4, 0.5) is 5.69 Å². The molecule has 2 aromatic rings. The summed E-state index contributed by atoms with van der Waals surface area (Å²) in [5.41, 5.74) is 3.85. The van der Waals surface area contributed by atoms with Crippen LogP contribution in [0.15, 0.2) is 60.0 Å². The number of nitriles is 1. The number of carbonyl (C=O) groups excluding carboxylic acids is 1. The predicted molar refractivity (Wildman–Crippen MR) is 118 cm³/mol. The fourth-order valence-electron chi connectivity index (χ4n) is 2.96. The molecule has 0 unspecified atom stereocenters. The van der Waals surface area contributed by atoms with Crippen LogP contribution in [0.5, 0.6) is 5.75 Å². The molecule has 2 N–H and O–H groups in total. The zero-order valence-corrected chi connectivity index (χ0v) is 17.1. The molecule has 3 rings (SSSR count). The number of rotatable bonds is 8. The van der Waals surface area contributed by atoms with E-state index in [1.165, 1.54) is 17.3 Å². The van der Waals surface area contributed by atoms with Gasteiger partial charge in [-0.1, -0.05) is 43.0 Å². The number of amides is 1. The molecule has 6 heteroatoms. The van der Waals surface area contributed by atoms with Crippen LogP contribution in [0.2, 0.25) is 0 Å². The van der Waals surface area contributed by atoms with Gasteiger partial charge in [0.1, 0.15) is 11.8 Å². The lowest BCUT2D eigenvalue weighted by molar-refractivity contribution is -0.116. The van der Waals surface area contributed by atoms with Crippen LogP contribution in [0.3, 0.4) is 0 Å². The van der Waals surface area contributed by atoms with E-state index < -0.39 is 0 Å². The van der Waals surface area contributed by atoms with Crippen LogP contribution in [0.1, 0.15) is 23.6 Å². The number of anilines is 1. The second kappa shape index (κ2) is 9.85. The van der Waals surface area contributed by atoms with E-state index in [9.17, 15) is 4.79 Å². The Morgan fingerprint density at radius 1 is 1.31 bits per heavy atom. The van der Waals surface area contributed by atoms with E-state index in [0.29, 0.717) is 17.1 Å². The number of allylic oxidation sites excluding steroid dienone is 1. The summed E-state index contributed by atoms with van der Waals surface area (Å²) in [7, 11) is 0. The van der Waals surface area contributed by atoms with Crippen molar-refractivity contribution in [2.75, 3.05) is 11.9 Å². The van der Waals surface area contributed by atoms with Crippen molar-refractivity contribution >= 4 is 29.4 Å². The number of hydrogen-bond acceptors (Lipinski definition) is 5. The standard InChI is InChI=1S/C23H23N3O2S/c1-3-5-18-14-17(8-11-20(18)28-13-12-24)15-21-22(27)26-23(29-21)25-19-9-6-16(4-2)7-10-19/h3,6-11,14-15,23,25H,1,4-5,13H2,2H3,(H,26,27)/b21-15-/t23-/m1/s1. The Labute approximate surface area is 175 Å². The summed E-state index contributed by atoms with van der Waals surface area (Å²) in [6.45, 7) is 5.89. The third-order valence-electron chi connectivity index (χ3n) is 4.43. The molecular weight excluding hydrogens is 382 g/mol. The van der Waals surface area contributed by atoms with Gasteiger partial charge in [-0.05, 0) is 59.9 Å². The predicted octanol–water partition coefficient (Wildman–Crippen LogP) is 4.48. The fourth-order valence-corrected chi connectivity index (χ4v) is 3.94. The van der Waals surface area contributed by atoms with Gasteiger partial charge in [-0.25, -0.2) is 0 Å². The third-order valence-corrected chi connectivity index (χ3v) is 5.46. The minimum absolute atomic E-state index is 0.00454. The molecule has 1 saturated heterocycles. The van der Waals surface area contributed by atoms with Gasteiger partial charge in [0.25, 0.3) is 5.91 Å². The van der Waals surface area contributed by atoms with Crippen LogP contribution in [0.25, 0.3) is 6.08 Å². The molecule has 0 radical (unpaired) electrons. The van der Waals surface area contributed by atoms with Gasteiger partial charge in [-0.15, -0.1) is 6.58 Å². The lowest BCUT2D eigenvalue weighted by Gasteiger charge is -2.13. The van der Waals surface area contributed by atoms with Gasteiger partial charge in [0.15, 0.2) is 12.1 Å². The van der Waals surface area contributed by atoms with E-state index in [0.717, 1.165) is 23.2 Å². The van der Waals surface area contributed by atoms with Crippen molar-refractivity contribution in [3.8, 4) is 11.8 Å². The van der Waals surface area contributed by atoms with Crippen molar-refractivity contribution in [3.63, 3.8) is 0 Å². The number of carbonyl (C=O) groups is 1. The Morgan fingerprint density at radius 2 is 2.10 bits per heavy atom. The maximum Gasteiger partial charge on any atom is 0.260 e. The first-order chi connectivity index (χ1) is 14.1. The van der Waals surface area contributed by atoms with E-state index in [4.69, 9.17) is 10.00 Å². The monoisotopic (exact) mass is 405 g/mol. The van der Waals surface area contributed by atoms with E-state index in [1.807, 2.05) is 42.5 Å². The Morgan fingerprint density at radius 3 is 2.79 bits per heavy atom. The number of nitrogens with zero attached hydrogens (tertiary/aromatic N) is 1. The summed E-state index contributed by atoms with van der Waals surface area (Å²) in [5.74, 6) is 0.556. The molecule has 1 amide bonds. The Kier molecular flexibility index (Phi) is 6.99. The summed E-state index contributed by atoms with van der Waals surface area (Å²) in [6.07, 6.45) is 5.26. The van der Waals surface area contributed by atoms with Gasteiger partial charge in [0, 0.05) is 5.69 Å². The highest BCUT2D eigenvalue weighted by Gasteiger charge is 2.27. The highest BCUT2D eigenvalue weighted by molar-refractivity contribution is 8.05. The van der Waals surface area contributed by atoms with Gasteiger partial charge in [0.05, 0.1) is 4.91 Å². The summed E-state index contributed by atoms with van der Waals surface area (Å²) >= 11 is 1.45. The first-order valence-electron chi connectivity index (χ1n) is 9.41. The quantitative estimate of drug-likeness (QED) is 0.500. The lowest BCUT2D eigenvalue weighted by Crippen LogP contribution is -2.30. The average molecular weight is 406 g/mol.